The summed E-state index contributed by atoms with van der Waals surface area (Å²) in [7, 11) is 0. The Bertz CT molecular complexity index is 522. The van der Waals surface area contributed by atoms with Crippen LogP contribution in [0.3, 0.4) is 0 Å². The van der Waals surface area contributed by atoms with E-state index in [1.54, 1.807) is 11.3 Å². The zero-order valence-electron chi connectivity index (χ0n) is 9.90. The lowest BCUT2D eigenvalue weighted by molar-refractivity contribution is 0.392. The standard InChI is InChI=1S/C12H15BrN4S/c13-10-3-11(18-8-10)6-14-4-9-5-15-12-1-2-16-17(12)7-9/h1-3,8-9,14-15H,4-7H2/t9-/m1/s1. The maximum atomic E-state index is 4.30. The van der Waals surface area contributed by atoms with Crippen molar-refractivity contribution in [1.29, 1.82) is 0 Å². The molecule has 0 aromatic carbocycles. The summed E-state index contributed by atoms with van der Waals surface area (Å²) < 4.78 is 3.21. The maximum Gasteiger partial charge on any atom is 0.124 e. The summed E-state index contributed by atoms with van der Waals surface area (Å²) in [5.41, 5.74) is 0. The highest BCUT2D eigenvalue weighted by atomic mass is 79.9. The fraction of sp³-hybridized carbons (Fsp3) is 0.417. The molecule has 18 heavy (non-hydrogen) atoms. The Kier molecular flexibility index (Phi) is 3.67. The lowest BCUT2D eigenvalue weighted by atomic mass is 10.1. The number of rotatable bonds is 4. The van der Waals surface area contributed by atoms with Crippen molar-refractivity contribution in [3.05, 3.63) is 33.1 Å². The van der Waals surface area contributed by atoms with Crippen molar-refractivity contribution >= 4 is 33.1 Å². The van der Waals surface area contributed by atoms with Crippen LogP contribution >= 0.6 is 27.3 Å². The molecule has 0 aliphatic carbocycles. The van der Waals surface area contributed by atoms with Crippen LogP contribution in [0.4, 0.5) is 5.82 Å². The van der Waals surface area contributed by atoms with Gasteiger partial charge in [-0.05, 0) is 22.0 Å². The molecule has 6 heteroatoms. The van der Waals surface area contributed by atoms with E-state index in [4.69, 9.17) is 0 Å². The van der Waals surface area contributed by atoms with Gasteiger partial charge in [0.15, 0.2) is 0 Å². The number of thiophene rings is 1. The molecule has 0 saturated heterocycles. The molecule has 0 bridgehead atoms. The third kappa shape index (κ3) is 2.76. The first-order valence-corrected chi connectivity index (χ1v) is 7.68. The van der Waals surface area contributed by atoms with Crippen LogP contribution in [-0.4, -0.2) is 22.9 Å². The summed E-state index contributed by atoms with van der Waals surface area (Å²) in [6.45, 7) is 3.98. The Morgan fingerprint density at radius 1 is 1.61 bits per heavy atom. The zero-order valence-corrected chi connectivity index (χ0v) is 12.3. The summed E-state index contributed by atoms with van der Waals surface area (Å²) in [5, 5.41) is 13.3. The van der Waals surface area contributed by atoms with Crippen LogP contribution in [0.25, 0.3) is 0 Å². The van der Waals surface area contributed by atoms with Crippen molar-refractivity contribution in [2.45, 2.75) is 13.1 Å². The summed E-state index contributed by atoms with van der Waals surface area (Å²) in [6, 6.07) is 4.19. The van der Waals surface area contributed by atoms with Crippen molar-refractivity contribution in [2.24, 2.45) is 5.92 Å². The molecule has 96 valence electrons. The van der Waals surface area contributed by atoms with E-state index in [2.05, 4.69) is 43.1 Å². The maximum absolute atomic E-state index is 4.30. The molecule has 0 saturated carbocycles. The monoisotopic (exact) mass is 326 g/mol. The molecule has 3 rings (SSSR count). The van der Waals surface area contributed by atoms with Gasteiger partial charge in [0.2, 0.25) is 0 Å². The number of nitrogens with one attached hydrogen (secondary N) is 2. The van der Waals surface area contributed by atoms with Crippen LogP contribution in [-0.2, 0) is 13.1 Å². The first-order valence-electron chi connectivity index (χ1n) is 6.00. The Hall–Kier alpha value is -0.850. The van der Waals surface area contributed by atoms with Crippen LogP contribution < -0.4 is 10.6 Å². The highest BCUT2D eigenvalue weighted by Crippen LogP contribution is 2.20. The first kappa shape index (κ1) is 12.2. The second kappa shape index (κ2) is 5.42. The average molecular weight is 327 g/mol. The predicted octanol–water partition coefficient (Wildman–Crippen LogP) is 2.54. The molecule has 0 fully saturated rings. The van der Waals surface area contributed by atoms with Crippen molar-refractivity contribution in [1.82, 2.24) is 15.1 Å². The molecular weight excluding hydrogens is 312 g/mol. The third-order valence-corrected chi connectivity index (χ3v) is 4.77. The molecule has 1 aliphatic rings. The molecule has 4 nitrogen and oxygen atoms in total. The molecule has 3 heterocycles. The van der Waals surface area contributed by atoms with Gasteiger partial charge in [-0.1, -0.05) is 0 Å². The van der Waals surface area contributed by atoms with Gasteiger partial charge in [-0.3, -0.25) is 0 Å². The zero-order chi connectivity index (χ0) is 12.4. The molecule has 1 aliphatic heterocycles. The SMILES string of the molecule is Brc1csc(CNC[C@@H]2CNc3ccnn3C2)c1. The molecule has 2 aromatic heterocycles. The van der Waals surface area contributed by atoms with Gasteiger partial charge in [-0.15, -0.1) is 11.3 Å². The van der Waals surface area contributed by atoms with Crippen LogP contribution in [0.5, 0.6) is 0 Å². The van der Waals surface area contributed by atoms with E-state index in [-0.39, 0.29) is 0 Å². The van der Waals surface area contributed by atoms with E-state index in [0.29, 0.717) is 5.92 Å². The van der Waals surface area contributed by atoms with Crippen molar-refractivity contribution in [2.75, 3.05) is 18.4 Å². The van der Waals surface area contributed by atoms with E-state index in [0.717, 1.165) is 32.0 Å². The molecule has 2 aromatic rings. The summed E-state index contributed by atoms with van der Waals surface area (Å²) in [4.78, 5) is 1.37. The van der Waals surface area contributed by atoms with Crippen LogP contribution in [0, 0.1) is 5.92 Å². The minimum atomic E-state index is 0.598. The van der Waals surface area contributed by atoms with Gasteiger partial charge in [0, 0.05) is 52.9 Å². The van der Waals surface area contributed by atoms with Gasteiger partial charge < -0.3 is 10.6 Å². The number of hydrogen-bond acceptors (Lipinski definition) is 4. The van der Waals surface area contributed by atoms with E-state index >= 15 is 0 Å². The number of hydrogen-bond donors (Lipinski definition) is 2. The largest absolute Gasteiger partial charge is 0.370 e. The number of nitrogens with zero attached hydrogens (tertiary/aromatic N) is 2. The molecule has 0 spiro atoms. The fourth-order valence-electron chi connectivity index (χ4n) is 2.17. The molecule has 2 N–H and O–H groups in total. The van der Waals surface area contributed by atoms with Gasteiger partial charge in [0.25, 0.3) is 0 Å². The quantitative estimate of drug-likeness (QED) is 0.907. The number of aromatic nitrogens is 2. The number of fused-ring (bicyclic) bond motifs is 1. The van der Waals surface area contributed by atoms with Gasteiger partial charge in [0.1, 0.15) is 5.82 Å². The van der Waals surface area contributed by atoms with Crippen molar-refractivity contribution in [3.8, 4) is 0 Å². The topological polar surface area (TPSA) is 41.9 Å². The predicted molar refractivity (Wildman–Crippen MR) is 77.9 cm³/mol. The van der Waals surface area contributed by atoms with Crippen LogP contribution in [0.1, 0.15) is 4.88 Å². The molecule has 0 amide bonds. The summed E-state index contributed by atoms with van der Waals surface area (Å²) >= 11 is 5.26. The highest BCUT2D eigenvalue weighted by molar-refractivity contribution is 9.10. The van der Waals surface area contributed by atoms with Gasteiger partial charge in [0.05, 0.1) is 6.20 Å². The molecule has 0 radical (unpaired) electrons. The smallest absolute Gasteiger partial charge is 0.124 e. The van der Waals surface area contributed by atoms with Gasteiger partial charge in [-0.2, -0.15) is 5.10 Å². The number of halogens is 1. The first-order chi connectivity index (χ1) is 8.81. The second-order valence-electron chi connectivity index (χ2n) is 4.51. The Morgan fingerprint density at radius 2 is 2.56 bits per heavy atom. The van der Waals surface area contributed by atoms with E-state index in [1.807, 2.05) is 16.9 Å². The minimum Gasteiger partial charge on any atom is -0.370 e. The summed E-state index contributed by atoms with van der Waals surface area (Å²) in [5.74, 6) is 1.73. The number of anilines is 1. The van der Waals surface area contributed by atoms with E-state index < -0.39 is 0 Å². The average Bonchev–Trinajstić information content (AvgIpc) is 2.97. The Labute approximate surface area is 119 Å². The normalized spacial score (nSPS) is 18.4. The molecule has 0 unspecified atom stereocenters. The molecular formula is C12H15BrN4S. The van der Waals surface area contributed by atoms with E-state index in [1.165, 1.54) is 9.35 Å². The Balaban J connectivity index is 1.47. The molecule has 1 atom stereocenters. The van der Waals surface area contributed by atoms with Crippen molar-refractivity contribution in [3.63, 3.8) is 0 Å². The lowest BCUT2D eigenvalue weighted by Gasteiger charge is -2.25. The highest BCUT2D eigenvalue weighted by Gasteiger charge is 2.17. The van der Waals surface area contributed by atoms with Crippen LogP contribution in [0.15, 0.2) is 28.2 Å². The minimum absolute atomic E-state index is 0.598. The Morgan fingerprint density at radius 3 is 3.39 bits per heavy atom. The van der Waals surface area contributed by atoms with Gasteiger partial charge in [-0.25, -0.2) is 4.68 Å². The third-order valence-electron chi connectivity index (χ3n) is 3.07. The van der Waals surface area contributed by atoms with E-state index in [9.17, 15) is 0 Å². The lowest BCUT2D eigenvalue weighted by Crippen LogP contribution is -2.35. The van der Waals surface area contributed by atoms with Gasteiger partial charge >= 0.3 is 0 Å². The second-order valence-corrected chi connectivity index (χ2v) is 6.42. The van der Waals surface area contributed by atoms with Crippen molar-refractivity contribution < 1.29 is 0 Å². The summed E-state index contributed by atoms with van der Waals surface area (Å²) in [6.07, 6.45) is 1.85. The van der Waals surface area contributed by atoms with Crippen LogP contribution in [0.2, 0.25) is 0 Å². The fourth-order valence-corrected chi connectivity index (χ4v) is 3.59.